The van der Waals surface area contributed by atoms with E-state index in [1.165, 1.54) is 0 Å². The van der Waals surface area contributed by atoms with E-state index in [1.54, 1.807) is 32.0 Å². The van der Waals surface area contributed by atoms with Crippen molar-refractivity contribution in [3.8, 4) is 17.2 Å². The number of benzene rings is 3. The number of carbonyl (C=O) groups excluding carboxylic acids is 1. The zero-order chi connectivity index (χ0) is 24.9. The highest BCUT2D eigenvalue weighted by molar-refractivity contribution is 5.75. The predicted octanol–water partition coefficient (Wildman–Crippen LogP) is 4.13. The third kappa shape index (κ3) is 8.96. The number of hydrogen-bond donors (Lipinski definition) is 2. The summed E-state index contributed by atoms with van der Waals surface area (Å²) in [6, 6.07) is 24.6. The highest BCUT2D eigenvalue weighted by Crippen LogP contribution is 2.33. The number of hydrogen-bond acceptors (Lipinski definition) is 7. The molecule has 7 heteroatoms. The molecular formula is C28H33NO6. The lowest BCUT2D eigenvalue weighted by molar-refractivity contribution is -0.145. The van der Waals surface area contributed by atoms with Crippen molar-refractivity contribution < 1.29 is 28.8 Å². The first kappa shape index (κ1) is 26.1. The molecule has 2 unspecified atom stereocenters. The maximum atomic E-state index is 11.7. The molecule has 3 aromatic carbocycles. The van der Waals surface area contributed by atoms with Crippen LogP contribution in [-0.2, 0) is 22.7 Å². The van der Waals surface area contributed by atoms with Crippen LogP contribution in [-0.4, -0.2) is 43.0 Å². The second-order valence-electron chi connectivity index (χ2n) is 8.00. The minimum Gasteiger partial charge on any atom is -0.491 e. The molecule has 7 nitrogen and oxygen atoms in total. The first-order valence-electron chi connectivity index (χ1n) is 11.7. The van der Waals surface area contributed by atoms with Crippen LogP contribution in [0.1, 0.15) is 25.0 Å². The minimum atomic E-state index is -0.811. The lowest BCUT2D eigenvalue weighted by Gasteiger charge is -2.18. The van der Waals surface area contributed by atoms with Crippen LogP contribution in [0.2, 0.25) is 0 Å². The van der Waals surface area contributed by atoms with Gasteiger partial charge in [0.15, 0.2) is 11.5 Å². The maximum absolute atomic E-state index is 11.7. The summed E-state index contributed by atoms with van der Waals surface area (Å²) >= 11 is 0. The van der Waals surface area contributed by atoms with Gasteiger partial charge in [-0.25, -0.2) is 0 Å². The maximum Gasteiger partial charge on any atom is 0.322 e. The third-order valence-corrected chi connectivity index (χ3v) is 5.13. The largest absolute Gasteiger partial charge is 0.491 e. The van der Waals surface area contributed by atoms with Crippen molar-refractivity contribution in [1.82, 2.24) is 5.32 Å². The van der Waals surface area contributed by atoms with E-state index in [9.17, 15) is 9.90 Å². The highest BCUT2D eigenvalue weighted by atomic mass is 16.5. The van der Waals surface area contributed by atoms with Gasteiger partial charge < -0.3 is 29.4 Å². The Hall–Kier alpha value is -3.55. The zero-order valence-electron chi connectivity index (χ0n) is 20.2. The summed E-state index contributed by atoms with van der Waals surface area (Å²) < 4.78 is 22.8. The van der Waals surface area contributed by atoms with Crippen molar-refractivity contribution in [3.63, 3.8) is 0 Å². The highest BCUT2D eigenvalue weighted by Gasteiger charge is 2.16. The molecule has 2 atom stereocenters. The van der Waals surface area contributed by atoms with Crippen LogP contribution in [0.4, 0.5) is 0 Å². The van der Waals surface area contributed by atoms with Gasteiger partial charge in [-0.05, 0) is 37.1 Å². The fraction of sp³-hybridized carbons (Fsp3) is 0.321. The quantitative estimate of drug-likeness (QED) is 0.336. The van der Waals surface area contributed by atoms with Gasteiger partial charge in [-0.15, -0.1) is 0 Å². The Morgan fingerprint density at radius 1 is 0.857 bits per heavy atom. The standard InChI is InChI=1S/C28H33NO6/c1-3-32-28(31)21(2)29-17-24(30)20-33-25-14-15-26(34-18-22-10-6-4-7-11-22)27(16-25)35-19-23-12-8-5-9-13-23/h4-16,21,24,29-30H,3,17-20H2,1-2H3. The van der Waals surface area contributed by atoms with E-state index in [0.29, 0.717) is 37.1 Å². The number of rotatable bonds is 14. The normalized spacial score (nSPS) is 12.4. The lowest BCUT2D eigenvalue weighted by atomic mass is 10.2. The number of carbonyl (C=O) groups is 1. The van der Waals surface area contributed by atoms with Gasteiger partial charge in [0.2, 0.25) is 0 Å². The minimum absolute atomic E-state index is 0.0465. The average Bonchev–Trinajstić information content (AvgIpc) is 2.90. The lowest BCUT2D eigenvalue weighted by Crippen LogP contribution is -2.41. The van der Waals surface area contributed by atoms with Crippen LogP contribution in [0.3, 0.4) is 0 Å². The van der Waals surface area contributed by atoms with Gasteiger partial charge in [-0.1, -0.05) is 60.7 Å². The molecule has 186 valence electrons. The first-order valence-corrected chi connectivity index (χ1v) is 11.7. The topological polar surface area (TPSA) is 86.3 Å². The van der Waals surface area contributed by atoms with E-state index in [2.05, 4.69) is 5.32 Å². The summed E-state index contributed by atoms with van der Waals surface area (Å²) in [6.07, 6.45) is -0.811. The van der Waals surface area contributed by atoms with Gasteiger partial charge in [-0.2, -0.15) is 0 Å². The molecule has 0 fully saturated rings. The summed E-state index contributed by atoms with van der Waals surface area (Å²) in [7, 11) is 0. The van der Waals surface area contributed by atoms with Crippen LogP contribution < -0.4 is 19.5 Å². The van der Waals surface area contributed by atoms with E-state index >= 15 is 0 Å². The molecule has 0 aromatic heterocycles. The Morgan fingerprint density at radius 3 is 2.06 bits per heavy atom. The zero-order valence-corrected chi connectivity index (χ0v) is 20.2. The van der Waals surface area contributed by atoms with E-state index in [0.717, 1.165) is 11.1 Å². The molecule has 35 heavy (non-hydrogen) atoms. The summed E-state index contributed by atoms with van der Waals surface area (Å²) in [6.45, 7) is 4.78. The molecule has 0 amide bonds. The molecule has 0 heterocycles. The molecule has 3 aromatic rings. The second kappa shape index (κ2) is 14.0. The Kier molecular flexibility index (Phi) is 10.4. The molecule has 0 radical (unpaired) electrons. The molecule has 0 spiro atoms. The van der Waals surface area contributed by atoms with Crippen LogP contribution in [0.25, 0.3) is 0 Å². The number of nitrogens with one attached hydrogen (secondary N) is 1. The smallest absolute Gasteiger partial charge is 0.322 e. The second-order valence-corrected chi connectivity index (χ2v) is 8.00. The predicted molar refractivity (Wildman–Crippen MR) is 134 cm³/mol. The monoisotopic (exact) mass is 479 g/mol. The van der Waals surface area contributed by atoms with Crippen LogP contribution in [0, 0.1) is 0 Å². The van der Waals surface area contributed by atoms with E-state index in [4.69, 9.17) is 18.9 Å². The average molecular weight is 480 g/mol. The molecule has 2 N–H and O–H groups in total. The van der Waals surface area contributed by atoms with Crippen LogP contribution in [0.5, 0.6) is 17.2 Å². The molecule has 3 rings (SSSR count). The van der Waals surface area contributed by atoms with Crippen molar-refractivity contribution >= 4 is 5.97 Å². The number of esters is 1. The Bertz CT molecular complexity index is 1030. The SMILES string of the molecule is CCOC(=O)C(C)NCC(O)COc1ccc(OCc2ccccc2)c(OCc2ccccc2)c1. The summed E-state index contributed by atoms with van der Waals surface area (Å²) in [5.41, 5.74) is 2.08. The van der Waals surface area contributed by atoms with Gasteiger partial charge in [0, 0.05) is 12.6 Å². The fourth-order valence-electron chi connectivity index (χ4n) is 3.20. The summed E-state index contributed by atoms with van der Waals surface area (Å²) in [5.74, 6) is 1.33. The first-order chi connectivity index (χ1) is 17.0. The van der Waals surface area contributed by atoms with Crippen LogP contribution in [0.15, 0.2) is 78.9 Å². The number of ether oxygens (including phenoxy) is 4. The molecule has 0 aliphatic rings. The number of aliphatic hydroxyl groups excluding tert-OH is 1. The Morgan fingerprint density at radius 2 is 1.46 bits per heavy atom. The van der Waals surface area contributed by atoms with Crippen molar-refractivity contribution in [2.24, 2.45) is 0 Å². The molecular weight excluding hydrogens is 446 g/mol. The van der Waals surface area contributed by atoms with Crippen molar-refractivity contribution in [2.75, 3.05) is 19.8 Å². The molecule has 0 bridgehead atoms. The van der Waals surface area contributed by atoms with Crippen molar-refractivity contribution in [1.29, 1.82) is 0 Å². The summed E-state index contributed by atoms with van der Waals surface area (Å²) in [4.78, 5) is 11.7. The van der Waals surface area contributed by atoms with Gasteiger partial charge in [-0.3, -0.25) is 4.79 Å². The van der Waals surface area contributed by atoms with E-state index in [-0.39, 0.29) is 19.1 Å². The molecule has 0 aliphatic carbocycles. The molecule has 0 aliphatic heterocycles. The Balaban J connectivity index is 1.60. The van der Waals surface area contributed by atoms with E-state index < -0.39 is 12.1 Å². The van der Waals surface area contributed by atoms with Gasteiger partial charge in [0.25, 0.3) is 0 Å². The van der Waals surface area contributed by atoms with Crippen LogP contribution >= 0.6 is 0 Å². The van der Waals surface area contributed by atoms with Gasteiger partial charge >= 0.3 is 5.97 Å². The van der Waals surface area contributed by atoms with Crippen molar-refractivity contribution in [2.45, 2.75) is 39.2 Å². The summed E-state index contributed by atoms with van der Waals surface area (Å²) in [5, 5.41) is 13.2. The van der Waals surface area contributed by atoms with E-state index in [1.807, 2.05) is 60.7 Å². The Labute approximate surface area is 206 Å². The van der Waals surface area contributed by atoms with Gasteiger partial charge in [0.1, 0.15) is 37.7 Å². The fourth-order valence-corrected chi connectivity index (χ4v) is 3.20. The molecule has 0 saturated heterocycles. The van der Waals surface area contributed by atoms with Gasteiger partial charge in [0.05, 0.1) is 6.61 Å². The third-order valence-electron chi connectivity index (χ3n) is 5.13. The molecule has 0 saturated carbocycles. The number of aliphatic hydroxyl groups is 1. The van der Waals surface area contributed by atoms with Crippen molar-refractivity contribution in [3.05, 3.63) is 90.0 Å².